The number of sulfone groups is 1. The first-order chi connectivity index (χ1) is 10.5. The van der Waals surface area contributed by atoms with Crippen molar-refractivity contribution in [3.05, 3.63) is 59.7 Å². The van der Waals surface area contributed by atoms with E-state index < -0.39 is 9.84 Å². The maximum atomic E-state index is 13.0. The normalized spacial score (nSPS) is 18.2. The number of nitrogens with zero attached hydrogens (tertiary/aromatic N) is 1. The molecule has 116 valence electrons. The van der Waals surface area contributed by atoms with Crippen molar-refractivity contribution >= 4 is 9.84 Å². The summed E-state index contributed by atoms with van der Waals surface area (Å²) in [5, 5.41) is 0. The molecule has 2 aromatic carbocycles. The van der Waals surface area contributed by atoms with Crippen LogP contribution in [0, 0.1) is 0 Å². The van der Waals surface area contributed by atoms with E-state index in [4.69, 9.17) is 0 Å². The largest absolute Gasteiger partial charge is 0.306 e. The molecule has 0 heterocycles. The lowest BCUT2D eigenvalue weighted by Crippen LogP contribution is -2.34. The second-order valence-electron chi connectivity index (χ2n) is 6.07. The van der Waals surface area contributed by atoms with Gasteiger partial charge in [-0.25, -0.2) is 8.42 Å². The second kappa shape index (κ2) is 5.86. The van der Waals surface area contributed by atoms with E-state index in [1.807, 2.05) is 12.1 Å². The van der Waals surface area contributed by atoms with Crippen LogP contribution in [-0.2, 0) is 22.7 Å². The molecule has 0 bridgehead atoms. The third-order valence-electron chi connectivity index (χ3n) is 4.49. The maximum Gasteiger partial charge on any atom is 0.206 e. The Morgan fingerprint density at radius 3 is 2.41 bits per heavy atom. The predicted molar refractivity (Wildman–Crippen MR) is 87.8 cm³/mol. The molecule has 1 aliphatic rings. The molecule has 1 unspecified atom stereocenters. The van der Waals surface area contributed by atoms with Gasteiger partial charge in [-0.3, -0.25) is 0 Å². The van der Waals surface area contributed by atoms with Crippen molar-refractivity contribution < 1.29 is 8.42 Å². The number of aryl methyl sites for hydroxylation is 1. The van der Waals surface area contributed by atoms with Crippen molar-refractivity contribution in [1.82, 2.24) is 4.90 Å². The molecule has 22 heavy (non-hydrogen) atoms. The molecule has 0 aromatic heterocycles. The Morgan fingerprint density at radius 2 is 1.73 bits per heavy atom. The summed E-state index contributed by atoms with van der Waals surface area (Å²) >= 11 is 0. The molecule has 1 aliphatic carbocycles. The number of hydrogen-bond donors (Lipinski definition) is 0. The van der Waals surface area contributed by atoms with Gasteiger partial charge < -0.3 is 4.90 Å². The summed E-state index contributed by atoms with van der Waals surface area (Å²) in [6, 6.07) is 14.8. The van der Waals surface area contributed by atoms with Crippen LogP contribution in [0.4, 0.5) is 0 Å². The first-order valence-corrected chi connectivity index (χ1v) is 9.06. The topological polar surface area (TPSA) is 37.4 Å². The summed E-state index contributed by atoms with van der Waals surface area (Å²) in [5.74, 6) is 0. The van der Waals surface area contributed by atoms with E-state index in [0.29, 0.717) is 15.8 Å². The number of rotatable bonds is 3. The second-order valence-corrected chi connectivity index (χ2v) is 7.99. The van der Waals surface area contributed by atoms with Crippen molar-refractivity contribution in [2.24, 2.45) is 0 Å². The summed E-state index contributed by atoms with van der Waals surface area (Å²) in [7, 11) is 0.671. The molecule has 1 atom stereocenters. The van der Waals surface area contributed by atoms with Gasteiger partial charge in [-0.15, -0.1) is 0 Å². The Morgan fingerprint density at radius 1 is 1.00 bits per heavy atom. The SMILES string of the molecule is CN(C)C1CCc2cccc(S(=O)(=O)c3ccccc3)c2C1. The first-order valence-electron chi connectivity index (χ1n) is 7.57. The van der Waals surface area contributed by atoms with Crippen molar-refractivity contribution in [3.8, 4) is 0 Å². The first kappa shape index (κ1) is 15.3. The van der Waals surface area contributed by atoms with Gasteiger partial charge in [0, 0.05) is 6.04 Å². The summed E-state index contributed by atoms with van der Waals surface area (Å²) in [6.07, 6.45) is 2.82. The molecule has 0 aliphatic heterocycles. The quantitative estimate of drug-likeness (QED) is 0.874. The molecule has 4 heteroatoms. The Balaban J connectivity index is 2.10. The highest BCUT2D eigenvalue weighted by atomic mass is 32.2. The highest BCUT2D eigenvalue weighted by Gasteiger charge is 2.28. The smallest absolute Gasteiger partial charge is 0.206 e. The lowest BCUT2D eigenvalue weighted by molar-refractivity contribution is 0.266. The maximum absolute atomic E-state index is 13.0. The van der Waals surface area contributed by atoms with E-state index in [1.54, 1.807) is 30.3 Å². The van der Waals surface area contributed by atoms with Crippen molar-refractivity contribution in [2.75, 3.05) is 14.1 Å². The lowest BCUT2D eigenvalue weighted by atomic mass is 9.88. The molecular weight excluding hydrogens is 294 g/mol. The Labute approximate surface area is 132 Å². The minimum absolute atomic E-state index is 0.371. The highest BCUT2D eigenvalue weighted by Crippen LogP contribution is 2.32. The molecule has 0 spiro atoms. The molecule has 3 rings (SSSR count). The van der Waals surface area contributed by atoms with Crippen molar-refractivity contribution in [3.63, 3.8) is 0 Å². The fourth-order valence-electron chi connectivity index (χ4n) is 3.16. The Hall–Kier alpha value is -1.65. The zero-order valence-electron chi connectivity index (χ0n) is 13.0. The van der Waals surface area contributed by atoms with Crippen LogP contribution < -0.4 is 0 Å². The summed E-state index contributed by atoms with van der Waals surface area (Å²) in [4.78, 5) is 3.03. The zero-order chi connectivity index (χ0) is 15.7. The van der Waals surface area contributed by atoms with E-state index in [1.165, 1.54) is 5.56 Å². The van der Waals surface area contributed by atoms with Gasteiger partial charge in [0.05, 0.1) is 9.79 Å². The van der Waals surface area contributed by atoms with Crippen LogP contribution in [0.15, 0.2) is 58.3 Å². The molecular formula is C18H21NO2S. The van der Waals surface area contributed by atoms with Crippen LogP contribution in [0.3, 0.4) is 0 Å². The molecule has 0 saturated heterocycles. The Kier molecular flexibility index (Phi) is 4.06. The van der Waals surface area contributed by atoms with Crippen LogP contribution in [0.25, 0.3) is 0 Å². The van der Waals surface area contributed by atoms with Crippen LogP contribution in [0.1, 0.15) is 17.5 Å². The van der Waals surface area contributed by atoms with Crippen LogP contribution in [0.2, 0.25) is 0 Å². The molecule has 0 saturated carbocycles. The molecule has 0 fully saturated rings. The van der Waals surface area contributed by atoms with E-state index in [-0.39, 0.29) is 0 Å². The average molecular weight is 315 g/mol. The number of benzene rings is 2. The van der Waals surface area contributed by atoms with Gasteiger partial charge in [0.2, 0.25) is 9.84 Å². The average Bonchev–Trinajstić information content (AvgIpc) is 2.54. The molecule has 0 N–H and O–H groups in total. The van der Waals surface area contributed by atoms with Crippen molar-refractivity contribution in [1.29, 1.82) is 0 Å². The summed E-state index contributed by atoms with van der Waals surface area (Å²) < 4.78 is 25.9. The zero-order valence-corrected chi connectivity index (χ0v) is 13.8. The highest BCUT2D eigenvalue weighted by molar-refractivity contribution is 7.91. The van der Waals surface area contributed by atoms with E-state index in [2.05, 4.69) is 25.1 Å². The molecule has 0 amide bonds. The van der Waals surface area contributed by atoms with Gasteiger partial charge in [0.25, 0.3) is 0 Å². The fourth-order valence-corrected chi connectivity index (χ4v) is 4.72. The predicted octanol–water partition coefficient (Wildman–Crippen LogP) is 2.94. The van der Waals surface area contributed by atoms with Crippen LogP contribution in [-0.4, -0.2) is 33.5 Å². The lowest BCUT2D eigenvalue weighted by Gasteiger charge is -2.31. The minimum atomic E-state index is -3.45. The minimum Gasteiger partial charge on any atom is -0.306 e. The number of likely N-dealkylation sites (N-methyl/N-ethyl adjacent to an activating group) is 1. The third-order valence-corrected chi connectivity index (χ3v) is 6.34. The molecule has 0 radical (unpaired) electrons. The van der Waals surface area contributed by atoms with E-state index in [0.717, 1.165) is 24.8 Å². The van der Waals surface area contributed by atoms with Gasteiger partial charge in [-0.1, -0.05) is 30.3 Å². The van der Waals surface area contributed by atoms with Gasteiger partial charge >= 0.3 is 0 Å². The van der Waals surface area contributed by atoms with E-state index >= 15 is 0 Å². The monoisotopic (exact) mass is 315 g/mol. The Bertz CT molecular complexity index is 767. The van der Waals surface area contributed by atoms with Crippen LogP contribution >= 0.6 is 0 Å². The van der Waals surface area contributed by atoms with Gasteiger partial charge in [0.1, 0.15) is 0 Å². The number of hydrogen-bond acceptors (Lipinski definition) is 3. The summed E-state index contributed by atoms with van der Waals surface area (Å²) in [6.45, 7) is 0. The van der Waals surface area contributed by atoms with E-state index in [9.17, 15) is 8.42 Å². The standard InChI is InChI=1S/C18H21NO2S/c1-19(2)15-12-11-14-7-6-10-18(17(14)13-15)22(20,21)16-8-4-3-5-9-16/h3-10,15H,11-13H2,1-2H3. The number of fused-ring (bicyclic) bond motifs is 1. The third kappa shape index (κ3) is 2.69. The van der Waals surface area contributed by atoms with Crippen LogP contribution in [0.5, 0.6) is 0 Å². The fraction of sp³-hybridized carbons (Fsp3) is 0.333. The summed E-state index contributed by atoms with van der Waals surface area (Å²) in [5.41, 5.74) is 2.17. The molecule has 3 nitrogen and oxygen atoms in total. The van der Waals surface area contributed by atoms with Crippen molar-refractivity contribution in [2.45, 2.75) is 35.1 Å². The molecule has 2 aromatic rings. The van der Waals surface area contributed by atoms with Gasteiger partial charge in [0.15, 0.2) is 0 Å². The van der Waals surface area contributed by atoms with Gasteiger partial charge in [-0.05, 0) is 62.7 Å². The van der Waals surface area contributed by atoms with Gasteiger partial charge in [-0.2, -0.15) is 0 Å².